The van der Waals surface area contributed by atoms with Crippen molar-refractivity contribution < 1.29 is 9.18 Å². The number of primary amides is 1. The van der Waals surface area contributed by atoms with Crippen LogP contribution in [0, 0.1) is 5.82 Å². The Hall–Kier alpha value is -2.43. The summed E-state index contributed by atoms with van der Waals surface area (Å²) in [6, 6.07) is 8.57. The Morgan fingerprint density at radius 2 is 1.88 bits per heavy atom. The normalized spacial score (nSPS) is 10.2. The van der Waals surface area contributed by atoms with Crippen molar-refractivity contribution in [3.63, 3.8) is 0 Å². The number of aromatic nitrogens is 1. The lowest BCUT2D eigenvalue weighted by Gasteiger charge is -2.07. The van der Waals surface area contributed by atoms with Crippen LogP contribution in [0.1, 0.15) is 10.4 Å². The Kier molecular flexibility index (Phi) is 2.74. The highest BCUT2D eigenvalue weighted by molar-refractivity contribution is 5.92. The zero-order chi connectivity index (χ0) is 12.4. The second-order valence-corrected chi connectivity index (χ2v) is 3.41. The second-order valence-electron chi connectivity index (χ2n) is 3.41. The standard InChI is InChI=1S/C12H9FN2O2/c13-9-5-1-2-6-10(9)15-7-3-4-8(11(14)16)12(15)17/h1-7H,(H2,14,16). The lowest BCUT2D eigenvalue weighted by molar-refractivity contribution is 0.0998. The maximum Gasteiger partial charge on any atom is 0.268 e. The van der Waals surface area contributed by atoms with E-state index in [0.717, 1.165) is 4.57 Å². The predicted molar refractivity (Wildman–Crippen MR) is 60.5 cm³/mol. The minimum Gasteiger partial charge on any atom is -0.365 e. The average molecular weight is 232 g/mol. The highest BCUT2D eigenvalue weighted by atomic mass is 19.1. The first-order chi connectivity index (χ1) is 8.11. The van der Waals surface area contributed by atoms with E-state index in [9.17, 15) is 14.0 Å². The van der Waals surface area contributed by atoms with Crippen LogP contribution in [0.3, 0.4) is 0 Å². The number of carbonyl (C=O) groups excluding carboxylic acids is 1. The van der Waals surface area contributed by atoms with Crippen molar-refractivity contribution in [2.24, 2.45) is 5.73 Å². The molecule has 0 spiro atoms. The maximum atomic E-state index is 13.5. The van der Waals surface area contributed by atoms with Crippen molar-refractivity contribution in [1.29, 1.82) is 0 Å². The second kappa shape index (κ2) is 4.21. The zero-order valence-corrected chi connectivity index (χ0v) is 8.76. The van der Waals surface area contributed by atoms with Gasteiger partial charge in [0.1, 0.15) is 11.4 Å². The number of nitrogens with zero attached hydrogens (tertiary/aromatic N) is 1. The van der Waals surface area contributed by atoms with E-state index in [1.807, 2.05) is 0 Å². The molecule has 1 aromatic heterocycles. The number of amides is 1. The molecule has 0 radical (unpaired) electrons. The SMILES string of the molecule is NC(=O)c1cccn(-c2ccccc2F)c1=O. The van der Waals surface area contributed by atoms with Crippen molar-refractivity contribution in [1.82, 2.24) is 4.57 Å². The molecule has 0 bridgehead atoms. The fraction of sp³-hybridized carbons (Fsp3) is 0. The van der Waals surface area contributed by atoms with Crippen LogP contribution in [0.5, 0.6) is 0 Å². The number of nitrogens with two attached hydrogens (primary N) is 1. The number of hydrogen-bond acceptors (Lipinski definition) is 2. The van der Waals surface area contributed by atoms with Gasteiger partial charge < -0.3 is 5.73 Å². The molecule has 0 saturated carbocycles. The van der Waals surface area contributed by atoms with Gasteiger partial charge in [0, 0.05) is 6.20 Å². The topological polar surface area (TPSA) is 65.1 Å². The lowest BCUT2D eigenvalue weighted by atomic mass is 10.2. The lowest BCUT2D eigenvalue weighted by Crippen LogP contribution is -2.28. The Morgan fingerprint density at radius 3 is 2.53 bits per heavy atom. The van der Waals surface area contributed by atoms with E-state index in [0.29, 0.717) is 0 Å². The van der Waals surface area contributed by atoms with Gasteiger partial charge >= 0.3 is 0 Å². The Labute approximate surface area is 96.1 Å². The fourth-order valence-electron chi connectivity index (χ4n) is 1.52. The summed E-state index contributed by atoms with van der Waals surface area (Å²) in [5, 5.41) is 0. The molecule has 0 aliphatic rings. The average Bonchev–Trinajstić information content (AvgIpc) is 2.30. The van der Waals surface area contributed by atoms with Crippen LogP contribution in [-0.2, 0) is 0 Å². The van der Waals surface area contributed by atoms with Crippen molar-refractivity contribution in [3.05, 3.63) is 64.3 Å². The smallest absolute Gasteiger partial charge is 0.268 e. The number of benzene rings is 1. The summed E-state index contributed by atoms with van der Waals surface area (Å²) in [4.78, 5) is 22.9. The number of para-hydroxylation sites is 1. The molecule has 2 rings (SSSR count). The van der Waals surface area contributed by atoms with E-state index < -0.39 is 17.3 Å². The molecule has 0 saturated heterocycles. The highest BCUT2D eigenvalue weighted by Crippen LogP contribution is 2.10. The van der Waals surface area contributed by atoms with Crippen molar-refractivity contribution in [2.75, 3.05) is 0 Å². The molecule has 1 amide bonds. The van der Waals surface area contributed by atoms with Gasteiger partial charge in [-0.2, -0.15) is 0 Å². The first-order valence-electron chi connectivity index (χ1n) is 4.87. The van der Waals surface area contributed by atoms with E-state index in [4.69, 9.17) is 5.73 Å². The maximum absolute atomic E-state index is 13.5. The third kappa shape index (κ3) is 1.94. The third-order valence-corrected chi connectivity index (χ3v) is 2.32. The van der Waals surface area contributed by atoms with Gasteiger partial charge in [-0.3, -0.25) is 14.2 Å². The van der Waals surface area contributed by atoms with E-state index in [2.05, 4.69) is 0 Å². The molecule has 0 atom stereocenters. The van der Waals surface area contributed by atoms with Gasteiger partial charge in [-0.25, -0.2) is 4.39 Å². The van der Waals surface area contributed by atoms with E-state index >= 15 is 0 Å². The molecule has 2 aromatic rings. The van der Waals surface area contributed by atoms with Gasteiger partial charge in [0.2, 0.25) is 0 Å². The van der Waals surface area contributed by atoms with Gasteiger partial charge in [0.15, 0.2) is 0 Å². The van der Waals surface area contributed by atoms with Crippen LogP contribution in [0.4, 0.5) is 4.39 Å². The van der Waals surface area contributed by atoms with Crippen LogP contribution in [0.15, 0.2) is 47.4 Å². The Bertz CT molecular complexity index is 634. The summed E-state index contributed by atoms with van der Waals surface area (Å²) in [6.45, 7) is 0. The molecule has 0 unspecified atom stereocenters. The molecule has 5 heteroatoms. The molecular formula is C12H9FN2O2. The van der Waals surface area contributed by atoms with E-state index in [-0.39, 0.29) is 11.3 Å². The van der Waals surface area contributed by atoms with Crippen LogP contribution in [0.25, 0.3) is 5.69 Å². The van der Waals surface area contributed by atoms with Gasteiger partial charge in [-0.15, -0.1) is 0 Å². The minimum atomic E-state index is -0.833. The summed E-state index contributed by atoms with van der Waals surface area (Å²) in [6.07, 6.45) is 1.38. The third-order valence-electron chi connectivity index (χ3n) is 2.32. The molecule has 1 heterocycles. The molecule has 86 valence electrons. The van der Waals surface area contributed by atoms with Gasteiger partial charge in [0.25, 0.3) is 11.5 Å². The quantitative estimate of drug-likeness (QED) is 0.841. The van der Waals surface area contributed by atoms with Crippen LogP contribution in [0.2, 0.25) is 0 Å². The van der Waals surface area contributed by atoms with Crippen LogP contribution >= 0.6 is 0 Å². The van der Waals surface area contributed by atoms with Gasteiger partial charge in [0.05, 0.1) is 5.69 Å². The van der Waals surface area contributed by atoms with Crippen molar-refractivity contribution in [3.8, 4) is 5.69 Å². The largest absolute Gasteiger partial charge is 0.365 e. The molecule has 0 fully saturated rings. The van der Waals surface area contributed by atoms with Crippen LogP contribution < -0.4 is 11.3 Å². The molecule has 2 N–H and O–H groups in total. The molecule has 0 aliphatic heterocycles. The van der Waals surface area contributed by atoms with Gasteiger partial charge in [-0.05, 0) is 24.3 Å². The molecule has 17 heavy (non-hydrogen) atoms. The predicted octanol–water partition coefficient (Wildman–Crippen LogP) is 1.08. The van der Waals surface area contributed by atoms with Crippen molar-refractivity contribution >= 4 is 5.91 Å². The summed E-state index contributed by atoms with van der Waals surface area (Å²) >= 11 is 0. The first kappa shape index (κ1) is 11.1. The Morgan fingerprint density at radius 1 is 1.18 bits per heavy atom. The monoisotopic (exact) mass is 232 g/mol. The van der Waals surface area contributed by atoms with Crippen LogP contribution in [-0.4, -0.2) is 10.5 Å². The zero-order valence-electron chi connectivity index (χ0n) is 8.76. The van der Waals surface area contributed by atoms with E-state index in [1.54, 1.807) is 6.07 Å². The summed E-state index contributed by atoms with van der Waals surface area (Å²) in [5.74, 6) is -1.38. The minimum absolute atomic E-state index is 0.0839. The van der Waals surface area contributed by atoms with Gasteiger partial charge in [-0.1, -0.05) is 12.1 Å². The number of pyridine rings is 1. The first-order valence-corrected chi connectivity index (χ1v) is 4.87. The summed E-state index contributed by atoms with van der Waals surface area (Å²) in [5.41, 5.74) is 4.33. The number of halogens is 1. The highest BCUT2D eigenvalue weighted by Gasteiger charge is 2.11. The Balaban J connectivity index is 2.70. The summed E-state index contributed by atoms with van der Waals surface area (Å²) in [7, 11) is 0. The molecule has 1 aromatic carbocycles. The van der Waals surface area contributed by atoms with Crippen molar-refractivity contribution in [2.45, 2.75) is 0 Å². The molecular weight excluding hydrogens is 223 g/mol. The summed E-state index contributed by atoms with van der Waals surface area (Å²) < 4.78 is 14.6. The number of carbonyl (C=O) groups is 1. The number of hydrogen-bond donors (Lipinski definition) is 1. The fourth-order valence-corrected chi connectivity index (χ4v) is 1.52. The van der Waals surface area contributed by atoms with E-state index in [1.165, 1.54) is 36.5 Å². The number of rotatable bonds is 2. The molecule has 4 nitrogen and oxygen atoms in total. The molecule has 0 aliphatic carbocycles.